The highest BCUT2D eigenvalue weighted by Gasteiger charge is 2.39. The summed E-state index contributed by atoms with van der Waals surface area (Å²) >= 11 is 0. The molecule has 0 amide bonds. The van der Waals surface area contributed by atoms with Gasteiger partial charge >= 0.3 is 0 Å². The summed E-state index contributed by atoms with van der Waals surface area (Å²) in [5.74, 6) is 3.62. The predicted molar refractivity (Wildman–Crippen MR) is 67.3 cm³/mol. The predicted octanol–water partition coefficient (Wildman–Crippen LogP) is 2.42. The highest BCUT2D eigenvalue weighted by molar-refractivity contribution is 4.91. The number of hydrogen-bond donors (Lipinski definition) is 2. The maximum absolute atomic E-state index is 9.04. The molecule has 2 fully saturated rings. The van der Waals surface area contributed by atoms with Crippen LogP contribution in [-0.2, 0) is 0 Å². The molecule has 2 heteroatoms. The molecule has 0 saturated heterocycles. The van der Waals surface area contributed by atoms with Crippen LogP contribution in [0.3, 0.4) is 0 Å². The fraction of sp³-hybridized carbons (Fsp3) is 1.00. The number of nitrogens with one attached hydrogen (secondary N) is 1. The van der Waals surface area contributed by atoms with Gasteiger partial charge in [-0.15, -0.1) is 0 Å². The van der Waals surface area contributed by atoms with E-state index in [1.807, 2.05) is 0 Å². The third kappa shape index (κ3) is 2.78. The Bertz CT molecular complexity index is 215. The minimum atomic E-state index is 0.312. The molecule has 2 nitrogen and oxygen atoms in total. The molecule has 0 aliphatic heterocycles. The summed E-state index contributed by atoms with van der Waals surface area (Å²) in [7, 11) is 0. The van der Waals surface area contributed by atoms with Gasteiger partial charge in [0.15, 0.2) is 0 Å². The maximum Gasteiger partial charge on any atom is 0.0445 e. The Morgan fingerprint density at radius 3 is 2.56 bits per heavy atom. The minimum Gasteiger partial charge on any atom is -0.396 e. The first kappa shape index (κ1) is 12.4. The van der Waals surface area contributed by atoms with Crippen LogP contribution in [0.4, 0.5) is 0 Å². The minimum absolute atomic E-state index is 0.312. The Morgan fingerprint density at radius 1 is 1.25 bits per heavy atom. The van der Waals surface area contributed by atoms with Crippen molar-refractivity contribution >= 4 is 0 Å². The summed E-state index contributed by atoms with van der Waals surface area (Å²) in [5, 5.41) is 12.7. The first-order valence-electron chi connectivity index (χ1n) is 7.05. The van der Waals surface area contributed by atoms with Crippen molar-refractivity contribution in [3.8, 4) is 0 Å². The zero-order valence-corrected chi connectivity index (χ0v) is 10.8. The first-order chi connectivity index (χ1) is 7.70. The number of hydrogen-bond acceptors (Lipinski definition) is 2. The van der Waals surface area contributed by atoms with Crippen LogP contribution < -0.4 is 5.32 Å². The SMILES string of the molecule is CC(C)C(CCO)NCC1CC2CCC1C2. The lowest BCUT2D eigenvalue weighted by Gasteiger charge is -2.27. The largest absolute Gasteiger partial charge is 0.396 e. The number of aliphatic hydroxyl groups excluding tert-OH is 1. The van der Waals surface area contributed by atoms with Crippen molar-refractivity contribution < 1.29 is 5.11 Å². The molecule has 4 unspecified atom stereocenters. The van der Waals surface area contributed by atoms with Gasteiger partial charge in [-0.2, -0.15) is 0 Å². The third-order valence-electron chi connectivity index (χ3n) is 4.77. The van der Waals surface area contributed by atoms with E-state index in [0.717, 1.165) is 24.2 Å². The van der Waals surface area contributed by atoms with E-state index in [9.17, 15) is 0 Å². The van der Waals surface area contributed by atoms with Crippen molar-refractivity contribution in [2.45, 2.75) is 52.0 Å². The number of aliphatic hydroxyl groups is 1. The fourth-order valence-corrected chi connectivity index (χ4v) is 3.74. The van der Waals surface area contributed by atoms with E-state index in [1.54, 1.807) is 0 Å². The third-order valence-corrected chi connectivity index (χ3v) is 4.77. The van der Waals surface area contributed by atoms with Crippen molar-refractivity contribution in [1.29, 1.82) is 0 Å². The monoisotopic (exact) mass is 225 g/mol. The zero-order valence-electron chi connectivity index (χ0n) is 10.8. The van der Waals surface area contributed by atoms with Gasteiger partial charge in [0.05, 0.1) is 0 Å². The van der Waals surface area contributed by atoms with Gasteiger partial charge in [-0.25, -0.2) is 0 Å². The molecule has 0 spiro atoms. The molecule has 2 saturated carbocycles. The smallest absolute Gasteiger partial charge is 0.0445 e. The Labute approximate surface area is 99.8 Å². The molecule has 0 radical (unpaired) electrons. The second-order valence-corrected chi connectivity index (χ2v) is 6.21. The van der Waals surface area contributed by atoms with Gasteiger partial charge in [-0.3, -0.25) is 0 Å². The van der Waals surface area contributed by atoms with Crippen LogP contribution >= 0.6 is 0 Å². The van der Waals surface area contributed by atoms with Crippen LogP contribution in [0.15, 0.2) is 0 Å². The topological polar surface area (TPSA) is 32.3 Å². The van der Waals surface area contributed by atoms with E-state index in [1.165, 1.54) is 32.2 Å². The molecule has 94 valence electrons. The lowest BCUT2D eigenvalue weighted by atomic mass is 9.88. The van der Waals surface area contributed by atoms with E-state index < -0.39 is 0 Å². The second-order valence-electron chi connectivity index (χ2n) is 6.21. The van der Waals surface area contributed by atoms with E-state index in [-0.39, 0.29) is 0 Å². The van der Waals surface area contributed by atoms with E-state index in [4.69, 9.17) is 5.11 Å². The number of rotatable bonds is 6. The molecular weight excluding hydrogens is 198 g/mol. The Hall–Kier alpha value is -0.0800. The average molecular weight is 225 g/mol. The van der Waals surface area contributed by atoms with Gasteiger partial charge in [-0.1, -0.05) is 20.3 Å². The summed E-state index contributed by atoms with van der Waals surface area (Å²) in [5.41, 5.74) is 0. The van der Waals surface area contributed by atoms with Gasteiger partial charge in [0.1, 0.15) is 0 Å². The highest BCUT2D eigenvalue weighted by Crippen LogP contribution is 2.47. The molecule has 16 heavy (non-hydrogen) atoms. The zero-order chi connectivity index (χ0) is 11.5. The van der Waals surface area contributed by atoms with Crippen molar-refractivity contribution in [3.63, 3.8) is 0 Å². The average Bonchev–Trinajstić information content (AvgIpc) is 2.85. The van der Waals surface area contributed by atoms with Crippen molar-refractivity contribution in [1.82, 2.24) is 5.32 Å². The van der Waals surface area contributed by atoms with Gasteiger partial charge in [0.25, 0.3) is 0 Å². The van der Waals surface area contributed by atoms with Crippen molar-refractivity contribution in [3.05, 3.63) is 0 Å². The molecule has 0 aromatic heterocycles. The Morgan fingerprint density at radius 2 is 2.06 bits per heavy atom. The molecule has 2 N–H and O–H groups in total. The molecule has 2 rings (SSSR count). The van der Waals surface area contributed by atoms with Crippen molar-refractivity contribution in [2.24, 2.45) is 23.7 Å². The van der Waals surface area contributed by atoms with Crippen molar-refractivity contribution in [2.75, 3.05) is 13.2 Å². The van der Waals surface area contributed by atoms with Crippen LogP contribution in [0.25, 0.3) is 0 Å². The van der Waals surface area contributed by atoms with Crippen LogP contribution in [-0.4, -0.2) is 24.3 Å². The summed E-state index contributed by atoms with van der Waals surface area (Å²) in [6, 6.07) is 0.504. The highest BCUT2D eigenvalue weighted by atomic mass is 16.3. The maximum atomic E-state index is 9.04. The lowest BCUT2D eigenvalue weighted by molar-refractivity contribution is 0.229. The van der Waals surface area contributed by atoms with Crippen LogP contribution in [0.1, 0.15) is 46.0 Å². The first-order valence-corrected chi connectivity index (χ1v) is 7.05. The second kappa shape index (κ2) is 5.50. The van der Waals surface area contributed by atoms with E-state index in [2.05, 4.69) is 19.2 Å². The normalized spacial score (nSPS) is 34.9. The molecule has 2 bridgehead atoms. The standard InChI is InChI=1S/C14H27NO/c1-10(2)14(5-6-16)15-9-13-8-11-3-4-12(13)7-11/h10-16H,3-9H2,1-2H3. The van der Waals surface area contributed by atoms with Crippen LogP contribution in [0, 0.1) is 23.7 Å². The quantitative estimate of drug-likeness (QED) is 0.727. The molecule has 2 aliphatic rings. The summed E-state index contributed by atoms with van der Waals surface area (Å²) in [4.78, 5) is 0. The molecule has 0 aromatic rings. The molecule has 2 aliphatic carbocycles. The summed E-state index contributed by atoms with van der Waals surface area (Å²) < 4.78 is 0. The lowest BCUT2D eigenvalue weighted by Crippen LogP contribution is -2.39. The Kier molecular flexibility index (Phi) is 4.26. The molecule has 0 aromatic carbocycles. The van der Waals surface area contributed by atoms with Gasteiger partial charge in [0, 0.05) is 12.6 Å². The summed E-state index contributed by atoms with van der Waals surface area (Å²) in [6.45, 7) is 5.98. The van der Waals surface area contributed by atoms with Gasteiger partial charge in [0.2, 0.25) is 0 Å². The fourth-order valence-electron chi connectivity index (χ4n) is 3.74. The summed E-state index contributed by atoms with van der Waals surface area (Å²) in [6.07, 6.45) is 6.83. The Balaban J connectivity index is 1.73. The van der Waals surface area contributed by atoms with Crippen LogP contribution in [0.2, 0.25) is 0 Å². The van der Waals surface area contributed by atoms with Gasteiger partial charge < -0.3 is 10.4 Å². The molecular formula is C14H27NO. The van der Waals surface area contributed by atoms with Gasteiger partial charge in [-0.05, 0) is 55.9 Å². The molecule has 0 heterocycles. The van der Waals surface area contributed by atoms with E-state index >= 15 is 0 Å². The number of fused-ring (bicyclic) bond motifs is 2. The van der Waals surface area contributed by atoms with Crippen LogP contribution in [0.5, 0.6) is 0 Å². The van der Waals surface area contributed by atoms with E-state index in [0.29, 0.717) is 18.6 Å². The molecule has 4 atom stereocenters.